The van der Waals surface area contributed by atoms with Crippen molar-refractivity contribution in [1.29, 1.82) is 0 Å². The Morgan fingerprint density at radius 3 is 2.69 bits per heavy atom. The summed E-state index contributed by atoms with van der Waals surface area (Å²) < 4.78 is 40.2. The van der Waals surface area contributed by atoms with Crippen molar-refractivity contribution in [3.05, 3.63) is 48.0 Å². The lowest BCUT2D eigenvalue weighted by atomic mass is 9.99. The molecule has 0 spiro atoms. The van der Waals surface area contributed by atoms with Crippen LogP contribution in [-0.4, -0.2) is 44.7 Å². The molecule has 3 aliphatic heterocycles. The monoisotopic (exact) mass is 463 g/mol. The lowest BCUT2D eigenvalue weighted by molar-refractivity contribution is -1.03. The highest BCUT2D eigenvalue weighted by atomic mass is 32.2. The molecule has 0 saturated carbocycles. The Labute approximate surface area is 190 Å². The second kappa shape index (κ2) is 8.72. The van der Waals surface area contributed by atoms with E-state index in [1.54, 1.807) is 4.90 Å². The van der Waals surface area contributed by atoms with Gasteiger partial charge in [0.05, 0.1) is 36.4 Å². The van der Waals surface area contributed by atoms with Gasteiger partial charge in [-0.25, -0.2) is 0 Å². The topological polar surface area (TPSA) is 29.2 Å². The van der Waals surface area contributed by atoms with Crippen LogP contribution in [0.5, 0.6) is 0 Å². The van der Waals surface area contributed by atoms with E-state index in [1.807, 2.05) is 24.3 Å². The van der Waals surface area contributed by atoms with E-state index in [4.69, 9.17) is 0 Å². The first-order chi connectivity index (χ1) is 15.4. The van der Waals surface area contributed by atoms with Crippen LogP contribution in [-0.2, 0) is 11.0 Å². The zero-order valence-electron chi connectivity index (χ0n) is 17.9. The Morgan fingerprint density at radius 2 is 1.84 bits per heavy atom. The maximum absolute atomic E-state index is 13.4. The number of amides is 1. The van der Waals surface area contributed by atoms with Crippen LogP contribution in [0.3, 0.4) is 0 Å². The molecule has 2 fully saturated rings. The number of nitrogens with one attached hydrogen (secondary N) is 2. The smallest absolute Gasteiger partial charge is 0.325 e. The number of piperidine rings is 1. The van der Waals surface area contributed by atoms with E-state index in [-0.39, 0.29) is 5.91 Å². The summed E-state index contributed by atoms with van der Waals surface area (Å²) in [5.41, 5.74) is 0.284. The second-order valence-corrected chi connectivity index (χ2v) is 10.1. The van der Waals surface area contributed by atoms with Gasteiger partial charge in [-0.15, -0.1) is 0 Å². The zero-order chi connectivity index (χ0) is 22.3. The molecule has 0 bridgehead atoms. The molecule has 8 heteroatoms. The van der Waals surface area contributed by atoms with E-state index in [2.05, 4.69) is 0 Å². The Kier molecular flexibility index (Phi) is 5.94. The van der Waals surface area contributed by atoms with Crippen molar-refractivity contribution in [2.75, 3.05) is 37.6 Å². The summed E-state index contributed by atoms with van der Waals surface area (Å²) in [6, 6.07) is 11.8. The lowest BCUT2D eigenvalue weighted by Crippen LogP contribution is -3.31. The fraction of sp³-hybridized carbons (Fsp3) is 0.458. The van der Waals surface area contributed by atoms with E-state index < -0.39 is 11.7 Å². The van der Waals surface area contributed by atoms with Crippen LogP contribution in [0.15, 0.2) is 52.3 Å². The molecule has 2 aromatic carbocycles. The number of anilines is 2. The number of carbonyl (C=O) groups is 1. The third-order valence-corrected chi connectivity index (χ3v) is 8.14. The summed E-state index contributed by atoms with van der Waals surface area (Å²) >= 11 is 1.41. The number of nitrogens with zero attached hydrogens (tertiary/aromatic N) is 1. The quantitative estimate of drug-likeness (QED) is 0.733. The molecule has 2 N–H and O–H groups in total. The summed E-state index contributed by atoms with van der Waals surface area (Å²) in [4.78, 5) is 19.7. The minimum Gasteiger partial charge on any atom is -0.325 e. The summed E-state index contributed by atoms with van der Waals surface area (Å²) in [6.07, 6.45) is -0.257. The van der Waals surface area contributed by atoms with Crippen LogP contribution in [0.2, 0.25) is 0 Å². The molecule has 3 heterocycles. The van der Waals surface area contributed by atoms with Crippen LogP contribution in [0.25, 0.3) is 0 Å². The molecule has 3 atom stereocenters. The molecular formula is C24H28F3N3OS+2. The number of alkyl halides is 3. The molecule has 170 valence electrons. The molecule has 4 nitrogen and oxygen atoms in total. The second-order valence-electron chi connectivity index (χ2n) is 9.03. The molecular weight excluding hydrogens is 435 g/mol. The van der Waals surface area contributed by atoms with Gasteiger partial charge in [0.2, 0.25) is 5.91 Å². The summed E-state index contributed by atoms with van der Waals surface area (Å²) in [7, 11) is 0. The van der Waals surface area contributed by atoms with Gasteiger partial charge in [-0.3, -0.25) is 9.69 Å². The molecule has 0 aliphatic carbocycles. The minimum absolute atomic E-state index is 0.135. The number of para-hydroxylation sites is 1. The molecule has 0 aromatic heterocycles. The van der Waals surface area contributed by atoms with Gasteiger partial charge >= 0.3 is 6.18 Å². The average Bonchev–Trinajstić information content (AvgIpc) is 2.80. The van der Waals surface area contributed by atoms with E-state index in [9.17, 15) is 18.0 Å². The molecule has 0 radical (unpaired) electrons. The summed E-state index contributed by atoms with van der Waals surface area (Å²) in [5, 5.41) is 0. The normalized spacial score (nSPS) is 25.0. The van der Waals surface area contributed by atoms with Crippen molar-refractivity contribution in [3.63, 3.8) is 0 Å². The fourth-order valence-electron chi connectivity index (χ4n) is 5.34. The number of quaternary nitrogens is 2. The number of fused-ring (bicyclic) bond motifs is 3. The Balaban J connectivity index is 1.37. The molecule has 3 aliphatic rings. The maximum Gasteiger partial charge on any atom is 0.416 e. The molecule has 32 heavy (non-hydrogen) atoms. The van der Waals surface area contributed by atoms with Crippen LogP contribution >= 0.6 is 11.8 Å². The number of benzene rings is 2. The van der Waals surface area contributed by atoms with E-state index >= 15 is 0 Å². The number of hydrogen-bond acceptors (Lipinski definition) is 2. The SMILES string of the molecule is O=C(CC[NH+]1CC[NH+]2CCCCC2C1)N1c2ccccc2Sc2ccc(C(F)(F)F)cc21. The third kappa shape index (κ3) is 4.28. The zero-order valence-corrected chi connectivity index (χ0v) is 18.7. The summed E-state index contributed by atoms with van der Waals surface area (Å²) in [5.74, 6) is -0.135. The number of rotatable bonds is 3. The van der Waals surface area contributed by atoms with Gasteiger partial charge < -0.3 is 9.80 Å². The largest absolute Gasteiger partial charge is 0.416 e. The molecule has 1 amide bonds. The lowest BCUT2D eigenvalue weighted by Gasteiger charge is -2.39. The van der Waals surface area contributed by atoms with Crippen molar-refractivity contribution >= 4 is 29.0 Å². The minimum atomic E-state index is -4.45. The standard InChI is InChI=1S/C24H26F3N3OS/c25-24(26,27)17-8-9-22-20(15-17)30(19-6-1-2-7-21(19)32-22)23(31)10-12-28-13-14-29-11-4-3-5-18(29)16-28/h1-2,6-9,15,18H,3-5,10-14,16H2/p+2. The Hall–Kier alpha value is -2.03. The van der Waals surface area contributed by atoms with Gasteiger partial charge in [-0.2, -0.15) is 13.2 Å². The predicted octanol–water partition coefficient (Wildman–Crippen LogP) is 2.56. The van der Waals surface area contributed by atoms with Gasteiger partial charge in [0.1, 0.15) is 25.7 Å². The third-order valence-electron chi connectivity index (χ3n) is 7.01. The number of piperazine rings is 1. The van der Waals surface area contributed by atoms with E-state index in [0.717, 1.165) is 43.2 Å². The fourth-order valence-corrected chi connectivity index (χ4v) is 6.38. The first kappa shape index (κ1) is 21.8. The van der Waals surface area contributed by atoms with Crippen molar-refractivity contribution in [2.24, 2.45) is 0 Å². The summed E-state index contributed by atoms with van der Waals surface area (Å²) in [6.45, 7) is 5.28. The van der Waals surface area contributed by atoms with Gasteiger partial charge in [-0.05, 0) is 43.2 Å². The predicted molar refractivity (Wildman–Crippen MR) is 118 cm³/mol. The maximum atomic E-state index is 13.4. The van der Waals surface area contributed by atoms with Crippen molar-refractivity contribution in [2.45, 2.75) is 47.7 Å². The number of hydrogen-bond donors (Lipinski definition) is 2. The van der Waals surface area contributed by atoms with Crippen LogP contribution in [0, 0.1) is 0 Å². The highest BCUT2D eigenvalue weighted by Gasteiger charge is 2.37. The molecule has 5 rings (SSSR count). The number of carbonyl (C=O) groups excluding carboxylic acids is 1. The molecule has 2 aromatic rings. The van der Waals surface area contributed by atoms with Crippen molar-refractivity contribution in [1.82, 2.24) is 0 Å². The van der Waals surface area contributed by atoms with E-state index in [0.29, 0.717) is 28.7 Å². The van der Waals surface area contributed by atoms with Crippen LogP contribution in [0.4, 0.5) is 24.5 Å². The van der Waals surface area contributed by atoms with Crippen LogP contribution < -0.4 is 14.7 Å². The van der Waals surface area contributed by atoms with Crippen LogP contribution in [0.1, 0.15) is 31.2 Å². The van der Waals surface area contributed by atoms with E-state index in [1.165, 1.54) is 53.4 Å². The van der Waals surface area contributed by atoms with Gasteiger partial charge in [0, 0.05) is 16.2 Å². The Bertz CT molecular complexity index is 1010. The first-order valence-corrected chi connectivity index (χ1v) is 12.2. The highest BCUT2D eigenvalue weighted by Crippen LogP contribution is 2.49. The Morgan fingerprint density at radius 1 is 1.03 bits per heavy atom. The molecule has 2 saturated heterocycles. The number of halogens is 3. The van der Waals surface area contributed by atoms with Gasteiger partial charge in [0.15, 0.2) is 0 Å². The van der Waals surface area contributed by atoms with Gasteiger partial charge in [0.25, 0.3) is 0 Å². The van der Waals surface area contributed by atoms with Gasteiger partial charge in [-0.1, -0.05) is 23.9 Å². The highest BCUT2D eigenvalue weighted by molar-refractivity contribution is 7.99. The van der Waals surface area contributed by atoms with Crippen molar-refractivity contribution in [3.8, 4) is 0 Å². The molecule has 3 unspecified atom stereocenters. The average molecular weight is 464 g/mol. The van der Waals surface area contributed by atoms with Crippen molar-refractivity contribution < 1.29 is 27.8 Å². The first-order valence-electron chi connectivity index (χ1n) is 11.4.